The topological polar surface area (TPSA) is 145 Å². The number of anilines is 1. The maximum atomic E-state index is 15.3. The van der Waals surface area contributed by atoms with Gasteiger partial charge in [-0.25, -0.2) is 24.2 Å². The van der Waals surface area contributed by atoms with Crippen LogP contribution in [0.15, 0.2) is 23.3 Å². The van der Waals surface area contributed by atoms with Crippen LogP contribution in [0.2, 0.25) is 0 Å². The molecule has 0 radical (unpaired) electrons. The number of rotatable bonds is 7. The third kappa shape index (κ3) is 10.3. The van der Waals surface area contributed by atoms with Crippen LogP contribution in [-0.4, -0.2) is 72.0 Å². The Morgan fingerprint density at radius 2 is 1.77 bits per heavy atom. The Morgan fingerprint density at radius 1 is 1.15 bits per heavy atom. The van der Waals surface area contributed by atoms with E-state index in [0.29, 0.717) is 0 Å². The Hall–Kier alpha value is -3.55. The Kier molecular flexibility index (Phi) is 10.6. The summed E-state index contributed by atoms with van der Waals surface area (Å²) in [4.78, 5) is 49.6. The van der Waals surface area contributed by atoms with Gasteiger partial charge in [0.2, 0.25) is 0 Å². The van der Waals surface area contributed by atoms with Crippen molar-refractivity contribution in [3.05, 3.63) is 29.6 Å². The van der Waals surface area contributed by atoms with Crippen molar-refractivity contribution in [3.8, 4) is 0 Å². The van der Waals surface area contributed by atoms with Gasteiger partial charge in [0.15, 0.2) is 0 Å². The van der Waals surface area contributed by atoms with Gasteiger partial charge < -0.3 is 24.3 Å². The Morgan fingerprint density at radius 3 is 2.33 bits per heavy atom. The fourth-order valence-corrected chi connectivity index (χ4v) is 4.04. The molecule has 0 aliphatic carbocycles. The number of nitrogens with one attached hydrogen (secondary N) is 2. The van der Waals surface area contributed by atoms with Crippen molar-refractivity contribution >= 4 is 46.7 Å². The first-order valence-electron chi connectivity index (χ1n) is 12.0. The number of thioether (sulfide) groups is 1. The second kappa shape index (κ2) is 13.0. The Bertz CT molecular complexity index is 1120. The van der Waals surface area contributed by atoms with Crippen LogP contribution >= 0.6 is 11.8 Å². The number of amides is 3. The number of cyclic esters (lactones) is 1. The number of alkyl carbamates (subject to hydrolysis) is 1. The zero-order valence-electron chi connectivity index (χ0n) is 23.2. The quantitative estimate of drug-likeness (QED) is 0.162. The van der Waals surface area contributed by atoms with Crippen LogP contribution < -0.4 is 15.6 Å². The van der Waals surface area contributed by atoms with Gasteiger partial charge in [-0.2, -0.15) is 5.10 Å². The van der Waals surface area contributed by atoms with Crippen LogP contribution in [0, 0.1) is 5.82 Å². The summed E-state index contributed by atoms with van der Waals surface area (Å²) in [5, 5.41) is 5.70. The van der Waals surface area contributed by atoms with Crippen LogP contribution in [0.3, 0.4) is 0 Å². The Balaban J connectivity index is 2.20. The van der Waals surface area contributed by atoms with Gasteiger partial charge in [-0.3, -0.25) is 9.69 Å². The van der Waals surface area contributed by atoms with Crippen molar-refractivity contribution in [3.63, 3.8) is 0 Å². The van der Waals surface area contributed by atoms with Crippen molar-refractivity contribution in [2.24, 2.45) is 5.10 Å². The largest absolute Gasteiger partial charge is 0.468 e. The van der Waals surface area contributed by atoms with Gasteiger partial charge in [-0.15, -0.1) is 0 Å². The Labute approximate surface area is 230 Å². The molecule has 2 rings (SSSR count). The lowest BCUT2D eigenvalue weighted by Gasteiger charge is -2.20. The summed E-state index contributed by atoms with van der Waals surface area (Å²) < 4.78 is 35.6. The minimum Gasteiger partial charge on any atom is -0.468 e. The minimum absolute atomic E-state index is 0.00686. The standard InChI is InChI=1S/C25H35FN4O8S/c1-14(20(31)35-8)39-19(28-29-22(33)38-25(5,6)7)17-10-9-15(11-18(17)26)30-13-16(36-23(30)34)12-27-21(32)37-24(2,3)4/h9-11,14,16H,12-13H2,1-8H3,(H,27,32)(H,29,33)/t14?,16-/m1/s1. The lowest BCUT2D eigenvalue weighted by Crippen LogP contribution is -2.38. The van der Waals surface area contributed by atoms with Gasteiger partial charge in [0.05, 0.1) is 25.9 Å². The van der Waals surface area contributed by atoms with E-state index in [1.807, 2.05) is 0 Å². The summed E-state index contributed by atoms with van der Waals surface area (Å²) in [7, 11) is 1.22. The highest BCUT2D eigenvalue weighted by molar-refractivity contribution is 8.15. The number of carbonyl (C=O) groups is 4. The average molecular weight is 571 g/mol. The van der Waals surface area contributed by atoms with Crippen molar-refractivity contribution in [1.29, 1.82) is 0 Å². The minimum atomic E-state index is -0.866. The number of esters is 1. The van der Waals surface area contributed by atoms with E-state index in [1.165, 1.54) is 31.1 Å². The lowest BCUT2D eigenvalue weighted by atomic mass is 10.2. The van der Waals surface area contributed by atoms with Crippen LogP contribution in [0.5, 0.6) is 0 Å². The zero-order chi connectivity index (χ0) is 29.5. The van der Waals surface area contributed by atoms with Gasteiger partial charge in [-0.05, 0) is 66.7 Å². The zero-order valence-corrected chi connectivity index (χ0v) is 24.1. The summed E-state index contributed by atoms with van der Waals surface area (Å²) in [5.74, 6) is -1.35. The molecule has 14 heteroatoms. The van der Waals surface area contributed by atoms with E-state index in [0.717, 1.165) is 17.8 Å². The van der Waals surface area contributed by atoms with Crippen molar-refractivity contribution in [2.45, 2.75) is 71.0 Å². The molecule has 0 bridgehead atoms. The molecular formula is C25H35FN4O8S. The first-order valence-corrected chi connectivity index (χ1v) is 12.9. The third-order valence-electron chi connectivity index (χ3n) is 4.71. The summed E-state index contributed by atoms with van der Waals surface area (Å²) in [6.45, 7) is 11.8. The molecule has 1 saturated heterocycles. The molecule has 1 aliphatic rings. The van der Waals surface area contributed by atoms with E-state index < -0.39 is 52.6 Å². The molecule has 0 aromatic heterocycles. The predicted molar refractivity (Wildman–Crippen MR) is 143 cm³/mol. The van der Waals surface area contributed by atoms with Crippen LogP contribution in [0.4, 0.5) is 24.5 Å². The van der Waals surface area contributed by atoms with E-state index in [2.05, 4.69) is 15.8 Å². The summed E-state index contributed by atoms with van der Waals surface area (Å²) in [6, 6.07) is 3.93. The van der Waals surface area contributed by atoms with E-state index in [9.17, 15) is 19.2 Å². The summed E-state index contributed by atoms with van der Waals surface area (Å²) in [6.07, 6.45) is -2.92. The van der Waals surface area contributed by atoms with Crippen LogP contribution in [-0.2, 0) is 23.7 Å². The highest BCUT2D eigenvalue weighted by Gasteiger charge is 2.33. The van der Waals surface area contributed by atoms with Crippen LogP contribution in [0.1, 0.15) is 54.0 Å². The highest BCUT2D eigenvalue weighted by Crippen LogP contribution is 2.28. The smallest absolute Gasteiger partial charge is 0.428 e. The molecule has 0 saturated carbocycles. The van der Waals surface area contributed by atoms with E-state index in [1.54, 1.807) is 41.5 Å². The van der Waals surface area contributed by atoms with Gasteiger partial charge in [0.1, 0.15) is 33.4 Å². The first kappa shape index (κ1) is 31.7. The van der Waals surface area contributed by atoms with Gasteiger partial charge >= 0.3 is 24.2 Å². The van der Waals surface area contributed by atoms with Gasteiger partial charge in [-0.1, -0.05) is 11.8 Å². The monoisotopic (exact) mass is 570 g/mol. The molecule has 1 heterocycles. The molecule has 1 aliphatic heterocycles. The molecule has 39 heavy (non-hydrogen) atoms. The molecular weight excluding hydrogens is 535 g/mol. The number of methoxy groups -OCH3 is 1. The van der Waals surface area contributed by atoms with E-state index in [4.69, 9.17) is 18.9 Å². The SMILES string of the molecule is COC(=O)C(C)SC(=NNC(=O)OC(C)(C)C)c1ccc(N2C[C@@H](CNC(=O)OC(C)(C)C)OC2=O)cc1F. The number of nitrogens with zero attached hydrogens (tertiary/aromatic N) is 2. The number of hydrogen-bond acceptors (Lipinski definition) is 10. The molecule has 1 fully saturated rings. The lowest BCUT2D eigenvalue weighted by molar-refractivity contribution is -0.139. The van der Waals surface area contributed by atoms with Crippen LogP contribution in [0.25, 0.3) is 0 Å². The molecule has 1 unspecified atom stereocenters. The fourth-order valence-electron chi connectivity index (χ4n) is 3.12. The number of halogens is 1. The van der Waals surface area contributed by atoms with Crippen molar-refractivity contribution in [2.75, 3.05) is 25.1 Å². The molecule has 2 N–H and O–H groups in total. The second-order valence-corrected chi connectivity index (χ2v) is 11.8. The molecule has 2 atom stereocenters. The maximum Gasteiger partial charge on any atom is 0.428 e. The molecule has 3 amide bonds. The summed E-state index contributed by atoms with van der Waals surface area (Å²) in [5.41, 5.74) is 0.900. The molecule has 0 spiro atoms. The highest BCUT2D eigenvalue weighted by atomic mass is 32.2. The van der Waals surface area contributed by atoms with E-state index >= 15 is 4.39 Å². The number of carbonyl (C=O) groups excluding carboxylic acids is 4. The maximum absolute atomic E-state index is 15.3. The van der Waals surface area contributed by atoms with Gasteiger partial charge in [0, 0.05) is 5.56 Å². The number of hydrazone groups is 1. The number of benzene rings is 1. The van der Waals surface area contributed by atoms with Crippen molar-refractivity contribution in [1.82, 2.24) is 10.7 Å². The second-order valence-electron chi connectivity index (χ2n) is 10.5. The number of ether oxygens (including phenoxy) is 4. The first-order chi connectivity index (χ1) is 18.0. The number of hydrogen-bond donors (Lipinski definition) is 2. The molecule has 1 aromatic rings. The third-order valence-corrected chi connectivity index (χ3v) is 5.79. The molecule has 216 valence electrons. The van der Waals surface area contributed by atoms with Gasteiger partial charge in [0.25, 0.3) is 0 Å². The average Bonchev–Trinajstić information content (AvgIpc) is 3.18. The summed E-state index contributed by atoms with van der Waals surface area (Å²) >= 11 is 0.865. The van der Waals surface area contributed by atoms with Crippen molar-refractivity contribution < 1.29 is 42.5 Å². The van der Waals surface area contributed by atoms with E-state index in [-0.39, 0.29) is 29.4 Å². The predicted octanol–water partition coefficient (Wildman–Crippen LogP) is 4.16. The molecule has 12 nitrogen and oxygen atoms in total. The fraction of sp³-hybridized carbons (Fsp3) is 0.560. The molecule has 1 aromatic carbocycles. The normalized spacial score (nSPS) is 16.7.